The summed E-state index contributed by atoms with van der Waals surface area (Å²) in [5.74, 6) is -1.52. The predicted molar refractivity (Wildman–Crippen MR) is 263 cm³/mol. The summed E-state index contributed by atoms with van der Waals surface area (Å²) in [5, 5.41) is 42.8. The Balaban J connectivity index is 0.933. The van der Waals surface area contributed by atoms with Crippen LogP contribution < -0.4 is 10.6 Å². The second kappa shape index (κ2) is 17.0. The summed E-state index contributed by atoms with van der Waals surface area (Å²) in [6.45, 7) is 7.48. The van der Waals surface area contributed by atoms with E-state index < -0.39 is 87.8 Å². The number of hydrogen-bond acceptors (Lipinski definition) is 13. The number of aliphatic hydroxyl groups excluding tert-OH is 3. The molecule has 1 aromatic heterocycles. The van der Waals surface area contributed by atoms with Crippen molar-refractivity contribution in [2.75, 3.05) is 26.4 Å². The fourth-order valence-corrected chi connectivity index (χ4v) is 19.9. The molecule has 1 aromatic carbocycles. The highest BCUT2D eigenvalue weighted by Gasteiger charge is 2.94. The molecule has 11 aliphatic rings. The van der Waals surface area contributed by atoms with Gasteiger partial charge >= 0.3 is 11.9 Å². The number of fused-ring (bicyclic) bond motifs is 2. The molecule has 4 spiro atoms. The zero-order valence-corrected chi connectivity index (χ0v) is 42.7. The van der Waals surface area contributed by atoms with Gasteiger partial charge in [-0.3, -0.25) is 14.9 Å². The van der Waals surface area contributed by atoms with Crippen molar-refractivity contribution in [2.45, 2.75) is 178 Å². The van der Waals surface area contributed by atoms with Gasteiger partial charge in [-0.25, -0.2) is 4.79 Å². The standard InChI is InChI=1S/C59H78N2O11/c1-53(2)46-45(64)47(65)58(38-13-9-12-35(27-38)26-34-10-5-4-6-11-34)44(57(46)32-69-52(67)56(51(57)72-53)24-23-55(31-56)20-7-8-21-55)18-22-54(3)48(70-50(66)49-59(54,58)71-49)39-19-25-68-43(39)28-40(42(63)30-62)36-14-16-37(17-15-36)41-29-60-33-61-41/h4-6,10-11,14,16,19,25,35-38,40-42,44,46-49,51,60-63,65H,7-9,12-13,15,17-18,20-24,26-33H2,1-3H3/t35-,36+,37-,38-,40-,41+,42+,44+,46+,47+,48-,49+,51-,54-,56-,57+,58-,59+/m0/s1. The highest BCUT2D eigenvalue weighted by Crippen LogP contribution is 2.84. The lowest BCUT2D eigenvalue weighted by Crippen LogP contribution is -2.80. The zero-order valence-electron chi connectivity index (χ0n) is 42.7. The molecule has 13 rings (SSSR count). The van der Waals surface area contributed by atoms with Crippen molar-refractivity contribution in [3.05, 3.63) is 71.7 Å². The minimum absolute atomic E-state index is 0.0192. The van der Waals surface area contributed by atoms with Crippen LogP contribution in [0.1, 0.15) is 140 Å². The molecule has 2 aromatic rings. The number of nitrogens with one attached hydrogen (secondary N) is 2. The second-order valence-corrected chi connectivity index (χ2v) is 26.1. The van der Waals surface area contributed by atoms with E-state index in [-0.39, 0.29) is 47.4 Å². The molecule has 0 amide bonds. The van der Waals surface area contributed by atoms with Gasteiger partial charge in [0.05, 0.1) is 42.0 Å². The highest BCUT2D eigenvalue weighted by atomic mass is 16.7. The summed E-state index contributed by atoms with van der Waals surface area (Å²) in [5.41, 5.74) is -4.46. The quantitative estimate of drug-likeness (QED) is 0.0923. The van der Waals surface area contributed by atoms with Crippen LogP contribution in [-0.2, 0) is 46.2 Å². The molecule has 0 bridgehead atoms. The van der Waals surface area contributed by atoms with Crippen LogP contribution in [0.25, 0.3) is 0 Å². The number of aliphatic hydroxyl groups is 3. The number of rotatable bonds is 10. The molecule has 0 unspecified atom stereocenters. The fourth-order valence-electron chi connectivity index (χ4n) is 19.9. The van der Waals surface area contributed by atoms with Crippen LogP contribution in [0.15, 0.2) is 59.2 Å². The smallest absolute Gasteiger partial charge is 0.339 e. The van der Waals surface area contributed by atoms with E-state index in [0.29, 0.717) is 55.4 Å². The summed E-state index contributed by atoms with van der Waals surface area (Å²) < 4.78 is 34.5. The number of Topliss-reactive ketones (excluding diaryl/α,β-unsaturated/α-hetero) is 1. The van der Waals surface area contributed by atoms with Crippen molar-refractivity contribution in [3.63, 3.8) is 0 Å². The van der Waals surface area contributed by atoms with Crippen molar-refractivity contribution in [3.8, 4) is 0 Å². The lowest BCUT2D eigenvalue weighted by molar-refractivity contribution is -0.286. The molecule has 18 atom stereocenters. The Morgan fingerprint density at radius 2 is 1.69 bits per heavy atom. The van der Waals surface area contributed by atoms with E-state index in [4.69, 9.17) is 23.4 Å². The number of furan rings is 1. The summed E-state index contributed by atoms with van der Waals surface area (Å²) in [6.07, 6.45) is 15.3. The number of allylic oxidation sites excluding steroid dienone is 1. The number of ether oxygens (including phenoxy) is 4. The van der Waals surface area contributed by atoms with Crippen molar-refractivity contribution >= 4 is 17.7 Å². The molecular formula is C59H78N2O11. The van der Waals surface area contributed by atoms with E-state index in [1.165, 1.54) is 5.56 Å². The number of epoxide rings is 1. The lowest BCUT2D eigenvalue weighted by atomic mass is 9.32. The number of benzene rings is 1. The van der Waals surface area contributed by atoms with E-state index in [9.17, 15) is 20.1 Å². The molecule has 13 nitrogen and oxygen atoms in total. The monoisotopic (exact) mass is 991 g/mol. The van der Waals surface area contributed by atoms with Crippen molar-refractivity contribution in [2.24, 2.45) is 68.5 Å². The van der Waals surface area contributed by atoms with Crippen LogP contribution in [0.2, 0.25) is 0 Å². The van der Waals surface area contributed by atoms with Gasteiger partial charge < -0.3 is 44.0 Å². The summed E-state index contributed by atoms with van der Waals surface area (Å²) in [6, 6.07) is 12.8. The first-order valence-electron chi connectivity index (χ1n) is 28.1. The number of esters is 2. The van der Waals surface area contributed by atoms with Gasteiger partial charge in [0.25, 0.3) is 0 Å². The van der Waals surface area contributed by atoms with Crippen LogP contribution in [0.3, 0.4) is 0 Å². The van der Waals surface area contributed by atoms with Gasteiger partial charge in [0, 0.05) is 53.4 Å². The third-order valence-corrected chi connectivity index (χ3v) is 22.6. The Labute approximate surface area is 424 Å². The Kier molecular flexibility index (Phi) is 11.4. The van der Waals surface area contributed by atoms with E-state index in [1.807, 2.05) is 26.0 Å². The Hall–Kier alpha value is -3.43. The molecule has 5 saturated heterocycles. The first kappa shape index (κ1) is 48.2. The molecule has 6 heterocycles. The van der Waals surface area contributed by atoms with Gasteiger partial charge in [0.1, 0.15) is 30.2 Å². The molecule has 6 aliphatic carbocycles. The van der Waals surface area contributed by atoms with E-state index >= 15 is 9.59 Å². The zero-order chi connectivity index (χ0) is 49.6. The van der Waals surface area contributed by atoms with Gasteiger partial charge in [-0.2, -0.15) is 0 Å². The molecule has 72 heavy (non-hydrogen) atoms. The van der Waals surface area contributed by atoms with Crippen LogP contribution in [0.5, 0.6) is 0 Å². The maximum atomic E-state index is 16.2. The normalized spacial score (nSPS) is 46.2. The summed E-state index contributed by atoms with van der Waals surface area (Å²) in [4.78, 5) is 46.1. The lowest BCUT2D eigenvalue weighted by Gasteiger charge is -2.70. The molecular weight excluding hydrogens is 913 g/mol. The van der Waals surface area contributed by atoms with E-state index in [0.717, 1.165) is 90.3 Å². The Morgan fingerprint density at radius 3 is 2.44 bits per heavy atom. The molecule has 5 N–H and O–H groups in total. The molecule has 5 aliphatic heterocycles. The summed E-state index contributed by atoms with van der Waals surface area (Å²) >= 11 is 0. The van der Waals surface area contributed by atoms with Crippen LogP contribution in [-0.4, -0.2) is 101 Å². The van der Waals surface area contributed by atoms with Crippen molar-refractivity contribution < 1.29 is 53.1 Å². The van der Waals surface area contributed by atoms with Crippen molar-refractivity contribution in [1.29, 1.82) is 0 Å². The van der Waals surface area contributed by atoms with E-state index in [2.05, 4.69) is 54.0 Å². The van der Waals surface area contributed by atoms with Crippen LogP contribution in [0, 0.1) is 68.5 Å². The average molecular weight is 991 g/mol. The molecule has 5 saturated carbocycles. The SMILES string of the molecule is CC1(C)O[C@H]2[C@@]3(CCC4(CCCC4)C3)C(=O)OC[C@@]23[C@@H]1C(=O)[C@@H](O)[C@]1([C@H]2CCC[C@@H](Cc4ccccc4)C2)[C@@H]3CC[C@@]2(C)[C@H](c3ccoc3C[C@H]([C@H](O)CO)[C@@H]3C=C[C@H]([C@H]4CNCN4)CC3)OC(=O)[C@H]3O[C@@]312. The number of cyclic esters (lactones) is 2. The minimum Gasteiger partial charge on any atom is -0.469 e. The molecule has 0 radical (unpaired) electrons. The second-order valence-electron chi connectivity index (χ2n) is 26.1. The molecule has 390 valence electrons. The van der Waals surface area contributed by atoms with E-state index in [1.54, 1.807) is 6.26 Å². The van der Waals surface area contributed by atoms with Gasteiger partial charge in [-0.1, -0.05) is 75.1 Å². The Morgan fingerprint density at radius 1 is 0.875 bits per heavy atom. The summed E-state index contributed by atoms with van der Waals surface area (Å²) in [7, 11) is 0. The number of carbonyl (C=O) groups excluding carboxylic acids is 3. The number of carbonyl (C=O) groups is 3. The van der Waals surface area contributed by atoms with Crippen molar-refractivity contribution in [1.82, 2.24) is 10.6 Å². The van der Waals surface area contributed by atoms with Crippen LogP contribution in [0.4, 0.5) is 0 Å². The molecule has 10 fully saturated rings. The third-order valence-electron chi connectivity index (χ3n) is 22.6. The van der Waals surface area contributed by atoms with Gasteiger partial charge in [-0.05, 0) is 138 Å². The predicted octanol–water partition coefficient (Wildman–Crippen LogP) is 7.09. The first-order valence-corrected chi connectivity index (χ1v) is 28.1. The van der Waals surface area contributed by atoms with Gasteiger partial charge in [0.15, 0.2) is 11.9 Å². The maximum Gasteiger partial charge on any atom is 0.339 e. The maximum absolute atomic E-state index is 16.2. The molecule has 13 heteroatoms. The first-order chi connectivity index (χ1) is 34.7. The number of ketones is 1. The Bertz CT molecular complexity index is 2480. The third kappa shape index (κ3) is 6.52. The average Bonchev–Trinajstić information content (AvgIpc) is 4.01. The topological polar surface area (TPSA) is 189 Å². The van der Waals surface area contributed by atoms with Gasteiger partial charge in [-0.15, -0.1) is 0 Å². The van der Waals surface area contributed by atoms with Crippen LogP contribution >= 0.6 is 0 Å². The largest absolute Gasteiger partial charge is 0.469 e. The number of hydrogen-bond donors (Lipinski definition) is 5. The van der Waals surface area contributed by atoms with Gasteiger partial charge in [0.2, 0.25) is 0 Å². The fraction of sp³-hybridized carbons (Fsp3) is 0.746. The highest BCUT2D eigenvalue weighted by molar-refractivity contribution is 5.93. The minimum atomic E-state index is -1.49.